The number of rotatable bonds is 5. The summed E-state index contributed by atoms with van der Waals surface area (Å²) >= 11 is 0. The molecule has 0 aliphatic carbocycles. The number of amides is 1. The van der Waals surface area contributed by atoms with Crippen LogP contribution in [0.25, 0.3) is 0 Å². The van der Waals surface area contributed by atoms with Crippen molar-refractivity contribution in [3.05, 3.63) is 83.4 Å². The lowest BCUT2D eigenvalue weighted by Gasteiger charge is -2.09. The minimum Gasteiger partial charge on any atom is -0.347 e. The van der Waals surface area contributed by atoms with E-state index in [2.05, 4.69) is 20.6 Å². The molecule has 2 aromatic carbocycles. The molecule has 0 fully saturated rings. The molecule has 1 heterocycles. The summed E-state index contributed by atoms with van der Waals surface area (Å²) in [5.41, 5.74) is 2.58. The first-order chi connectivity index (χ1) is 12.1. The van der Waals surface area contributed by atoms with E-state index >= 15 is 0 Å². The van der Waals surface area contributed by atoms with Crippen molar-refractivity contribution >= 4 is 17.5 Å². The van der Waals surface area contributed by atoms with Gasteiger partial charge in [-0.25, -0.2) is 14.4 Å². The van der Waals surface area contributed by atoms with Crippen molar-refractivity contribution in [2.45, 2.75) is 13.5 Å². The highest BCUT2D eigenvalue weighted by Gasteiger charge is 2.10. The zero-order chi connectivity index (χ0) is 17.6. The Bertz CT molecular complexity index is 866. The Labute approximate surface area is 145 Å². The highest BCUT2D eigenvalue weighted by molar-refractivity contribution is 5.92. The highest BCUT2D eigenvalue weighted by Crippen LogP contribution is 2.14. The van der Waals surface area contributed by atoms with E-state index < -0.39 is 0 Å². The second-order valence-corrected chi connectivity index (χ2v) is 5.52. The van der Waals surface area contributed by atoms with Crippen LogP contribution >= 0.6 is 0 Å². The van der Waals surface area contributed by atoms with Crippen LogP contribution in [-0.2, 0) is 6.54 Å². The van der Waals surface area contributed by atoms with Gasteiger partial charge in [0, 0.05) is 17.9 Å². The number of benzene rings is 2. The lowest BCUT2D eigenvalue weighted by Crippen LogP contribution is -2.24. The molecule has 0 atom stereocenters. The topological polar surface area (TPSA) is 66.9 Å². The van der Waals surface area contributed by atoms with E-state index in [1.807, 2.05) is 30.3 Å². The second-order valence-electron chi connectivity index (χ2n) is 5.52. The number of hydrogen-bond acceptors (Lipinski definition) is 4. The molecule has 2 N–H and O–H groups in total. The van der Waals surface area contributed by atoms with Gasteiger partial charge in [-0.15, -0.1) is 0 Å². The fourth-order valence-electron chi connectivity index (χ4n) is 2.27. The standard InChI is InChI=1S/C19H17FN4O/c1-13-11-17(18(25)21-12-14-5-3-2-4-6-14)24-19(22-13)23-16-9-7-15(20)8-10-16/h2-11H,12H2,1H3,(H,21,25)(H,22,23,24). The van der Waals surface area contributed by atoms with Crippen molar-refractivity contribution in [1.29, 1.82) is 0 Å². The molecule has 0 spiro atoms. The molecule has 3 aromatic rings. The third kappa shape index (κ3) is 4.60. The summed E-state index contributed by atoms with van der Waals surface area (Å²) in [5, 5.41) is 5.81. The Morgan fingerprint density at radius 3 is 2.48 bits per heavy atom. The average molecular weight is 336 g/mol. The van der Waals surface area contributed by atoms with Gasteiger partial charge in [0.1, 0.15) is 11.5 Å². The van der Waals surface area contributed by atoms with Gasteiger partial charge in [0.15, 0.2) is 0 Å². The molecule has 5 nitrogen and oxygen atoms in total. The molecule has 0 saturated carbocycles. The molecule has 0 aliphatic heterocycles. The third-order valence-electron chi connectivity index (χ3n) is 3.48. The van der Waals surface area contributed by atoms with E-state index in [1.165, 1.54) is 12.1 Å². The predicted molar refractivity (Wildman–Crippen MR) is 94.1 cm³/mol. The monoisotopic (exact) mass is 336 g/mol. The lowest BCUT2D eigenvalue weighted by molar-refractivity contribution is 0.0945. The summed E-state index contributed by atoms with van der Waals surface area (Å²) in [6.07, 6.45) is 0. The normalized spacial score (nSPS) is 10.3. The van der Waals surface area contributed by atoms with Crippen LogP contribution in [0.3, 0.4) is 0 Å². The summed E-state index contributed by atoms with van der Waals surface area (Å²) in [6.45, 7) is 2.20. The van der Waals surface area contributed by atoms with Crippen molar-refractivity contribution in [3.63, 3.8) is 0 Å². The summed E-state index contributed by atoms with van der Waals surface area (Å²) < 4.78 is 13.0. The van der Waals surface area contributed by atoms with Gasteiger partial charge in [0.2, 0.25) is 5.95 Å². The van der Waals surface area contributed by atoms with Crippen LogP contribution in [0.5, 0.6) is 0 Å². The number of hydrogen-bond donors (Lipinski definition) is 2. The Morgan fingerprint density at radius 2 is 1.76 bits per heavy atom. The fourth-order valence-corrected chi connectivity index (χ4v) is 2.27. The van der Waals surface area contributed by atoms with Crippen LogP contribution in [-0.4, -0.2) is 15.9 Å². The maximum Gasteiger partial charge on any atom is 0.270 e. The quantitative estimate of drug-likeness (QED) is 0.747. The second kappa shape index (κ2) is 7.53. The molecule has 6 heteroatoms. The van der Waals surface area contributed by atoms with Gasteiger partial charge in [0.05, 0.1) is 0 Å². The first-order valence-corrected chi connectivity index (χ1v) is 7.80. The molecular weight excluding hydrogens is 319 g/mol. The largest absolute Gasteiger partial charge is 0.347 e. The van der Waals surface area contributed by atoms with Gasteiger partial charge in [-0.05, 0) is 42.8 Å². The lowest BCUT2D eigenvalue weighted by atomic mass is 10.2. The molecule has 0 unspecified atom stereocenters. The molecule has 126 valence electrons. The molecule has 1 aromatic heterocycles. The number of anilines is 2. The third-order valence-corrected chi connectivity index (χ3v) is 3.48. The summed E-state index contributed by atoms with van der Waals surface area (Å²) in [5.74, 6) is -0.315. The van der Waals surface area contributed by atoms with Crippen LogP contribution in [0.4, 0.5) is 16.0 Å². The number of aryl methyl sites for hydroxylation is 1. The van der Waals surface area contributed by atoms with E-state index in [0.717, 1.165) is 5.56 Å². The van der Waals surface area contributed by atoms with Gasteiger partial charge < -0.3 is 10.6 Å². The maximum atomic E-state index is 13.0. The van der Waals surface area contributed by atoms with E-state index in [-0.39, 0.29) is 23.4 Å². The Kier molecular flexibility index (Phi) is 4.99. The molecule has 0 aliphatic rings. The smallest absolute Gasteiger partial charge is 0.270 e. The molecule has 0 bridgehead atoms. The maximum absolute atomic E-state index is 13.0. The highest BCUT2D eigenvalue weighted by atomic mass is 19.1. The molecule has 3 rings (SSSR count). The SMILES string of the molecule is Cc1cc(C(=O)NCc2ccccc2)nc(Nc2ccc(F)cc2)n1. The number of carbonyl (C=O) groups excluding carboxylic acids is 1. The predicted octanol–water partition coefficient (Wildman–Crippen LogP) is 3.60. The molecule has 25 heavy (non-hydrogen) atoms. The van der Waals surface area contributed by atoms with Crippen LogP contribution < -0.4 is 10.6 Å². The van der Waals surface area contributed by atoms with Crippen molar-refractivity contribution in [2.24, 2.45) is 0 Å². The van der Waals surface area contributed by atoms with Gasteiger partial charge in [-0.2, -0.15) is 0 Å². The van der Waals surface area contributed by atoms with Crippen LogP contribution in [0.1, 0.15) is 21.7 Å². The van der Waals surface area contributed by atoms with Gasteiger partial charge in [-0.1, -0.05) is 30.3 Å². The van der Waals surface area contributed by atoms with Crippen molar-refractivity contribution in [3.8, 4) is 0 Å². The Hall–Kier alpha value is -3.28. The van der Waals surface area contributed by atoms with Crippen molar-refractivity contribution in [1.82, 2.24) is 15.3 Å². The first-order valence-electron chi connectivity index (χ1n) is 7.80. The molecule has 0 radical (unpaired) electrons. The van der Waals surface area contributed by atoms with Gasteiger partial charge in [-0.3, -0.25) is 4.79 Å². The zero-order valence-electron chi connectivity index (χ0n) is 13.7. The first kappa shape index (κ1) is 16.6. The van der Waals surface area contributed by atoms with Crippen molar-refractivity contribution in [2.75, 3.05) is 5.32 Å². The number of nitrogens with zero attached hydrogens (tertiary/aromatic N) is 2. The Balaban J connectivity index is 1.72. The van der Waals surface area contributed by atoms with E-state index in [4.69, 9.17) is 0 Å². The zero-order valence-corrected chi connectivity index (χ0v) is 13.7. The fraction of sp³-hybridized carbons (Fsp3) is 0.105. The number of halogens is 1. The average Bonchev–Trinajstić information content (AvgIpc) is 2.62. The molecule has 1 amide bonds. The number of carbonyl (C=O) groups is 1. The Morgan fingerprint density at radius 1 is 1.04 bits per heavy atom. The molecule has 0 saturated heterocycles. The van der Waals surface area contributed by atoms with Gasteiger partial charge in [0.25, 0.3) is 5.91 Å². The van der Waals surface area contributed by atoms with Crippen LogP contribution in [0.2, 0.25) is 0 Å². The van der Waals surface area contributed by atoms with E-state index in [0.29, 0.717) is 17.9 Å². The van der Waals surface area contributed by atoms with Crippen LogP contribution in [0.15, 0.2) is 60.7 Å². The van der Waals surface area contributed by atoms with Gasteiger partial charge >= 0.3 is 0 Å². The number of aromatic nitrogens is 2. The summed E-state index contributed by atoms with van der Waals surface area (Å²) in [4.78, 5) is 20.8. The van der Waals surface area contributed by atoms with E-state index in [1.54, 1.807) is 25.1 Å². The van der Waals surface area contributed by atoms with Crippen molar-refractivity contribution < 1.29 is 9.18 Å². The summed E-state index contributed by atoms with van der Waals surface area (Å²) in [7, 11) is 0. The molecular formula is C19H17FN4O. The minimum absolute atomic E-state index is 0.271. The van der Waals surface area contributed by atoms with E-state index in [9.17, 15) is 9.18 Å². The summed E-state index contributed by atoms with van der Waals surface area (Å²) in [6, 6.07) is 17.1. The number of nitrogens with one attached hydrogen (secondary N) is 2. The minimum atomic E-state index is -0.323. The van der Waals surface area contributed by atoms with Crippen LogP contribution in [0, 0.1) is 12.7 Å².